The molecule has 10 heteroatoms. The highest BCUT2D eigenvalue weighted by Crippen LogP contribution is 2.26. The van der Waals surface area contributed by atoms with Gasteiger partial charge in [0.15, 0.2) is 17.3 Å². The maximum Gasteiger partial charge on any atom is 0.271 e. The fourth-order valence-electron chi connectivity index (χ4n) is 3.36. The lowest BCUT2D eigenvalue weighted by molar-refractivity contribution is -0.131. The van der Waals surface area contributed by atoms with E-state index in [0.717, 1.165) is 12.1 Å². The maximum atomic E-state index is 12.2. The number of rotatable bonds is 12. The van der Waals surface area contributed by atoms with Crippen molar-refractivity contribution in [3.63, 3.8) is 0 Å². The summed E-state index contributed by atoms with van der Waals surface area (Å²) in [5.41, 5.74) is 8.06. The third-order valence-electron chi connectivity index (χ3n) is 5.61. The summed E-state index contributed by atoms with van der Waals surface area (Å²) < 4.78 is 0. The fraction of sp³-hybridized carbons (Fsp3) is 0.400. The molecule has 1 atom stereocenters. The van der Waals surface area contributed by atoms with Crippen molar-refractivity contribution in [1.82, 2.24) is 20.2 Å². The van der Waals surface area contributed by atoms with Crippen molar-refractivity contribution in [2.75, 3.05) is 43.9 Å². The summed E-state index contributed by atoms with van der Waals surface area (Å²) in [6.07, 6.45) is 1.78. The predicted octanol–water partition coefficient (Wildman–Crippen LogP) is 2.20. The normalized spacial score (nSPS) is 11.3. The van der Waals surface area contributed by atoms with E-state index in [4.69, 9.17) is 5.73 Å². The van der Waals surface area contributed by atoms with Crippen molar-refractivity contribution in [3.8, 4) is 0 Å². The van der Waals surface area contributed by atoms with Crippen molar-refractivity contribution in [1.29, 1.82) is 0 Å². The number of nitrogens with zero attached hydrogens (tertiary/aromatic N) is 4. The molecule has 1 heterocycles. The topological polar surface area (TPSA) is 134 Å². The zero-order valence-corrected chi connectivity index (χ0v) is 21.1. The Kier molecular flexibility index (Phi) is 9.74. The summed E-state index contributed by atoms with van der Waals surface area (Å²) in [5, 5.41) is 6.03. The van der Waals surface area contributed by atoms with Crippen LogP contribution in [-0.4, -0.2) is 66.3 Å². The number of carbonyl (C=O) groups is 3. The van der Waals surface area contributed by atoms with Gasteiger partial charge in [0.2, 0.25) is 11.8 Å². The number of anilines is 3. The van der Waals surface area contributed by atoms with E-state index in [1.165, 1.54) is 11.0 Å². The van der Waals surface area contributed by atoms with Gasteiger partial charge in [0, 0.05) is 32.9 Å². The molecule has 0 aliphatic carbocycles. The Morgan fingerprint density at radius 1 is 1.20 bits per heavy atom. The Balaban J connectivity index is 2.20. The summed E-state index contributed by atoms with van der Waals surface area (Å²) in [6, 6.07) is 7.61. The number of aryl methyl sites for hydroxylation is 1. The van der Waals surface area contributed by atoms with Crippen molar-refractivity contribution in [2.24, 2.45) is 5.73 Å². The number of nitrogens with two attached hydrogens (primary N) is 1. The molecule has 0 saturated heterocycles. The van der Waals surface area contributed by atoms with Crippen LogP contribution in [0.1, 0.15) is 48.4 Å². The number of aromatic nitrogens is 2. The van der Waals surface area contributed by atoms with Crippen LogP contribution in [0.5, 0.6) is 0 Å². The van der Waals surface area contributed by atoms with Gasteiger partial charge in [-0.15, -0.1) is 0 Å². The summed E-state index contributed by atoms with van der Waals surface area (Å²) >= 11 is 0. The molecule has 1 aromatic carbocycles. The van der Waals surface area contributed by atoms with Crippen molar-refractivity contribution < 1.29 is 14.4 Å². The highest BCUT2D eigenvalue weighted by Gasteiger charge is 2.19. The van der Waals surface area contributed by atoms with Gasteiger partial charge < -0.3 is 26.2 Å². The molecule has 0 bridgehead atoms. The lowest BCUT2D eigenvalue weighted by Crippen LogP contribution is -2.38. The Bertz CT molecular complexity index is 1090. The number of primary amides is 1. The second-order valence-electron chi connectivity index (χ2n) is 8.28. The molecule has 0 spiro atoms. The zero-order chi connectivity index (χ0) is 26.1. The largest absolute Gasteiger partial charge is 0.364 e. The quantitative estimate of drug-likeness (QED) is 0.396. The number of amides is 3. The van der Waals surface area contributed by atoms with Gasteiger partial charge in [0.25, 0.3) is 5.91 Å². The molecule has 0 aliphatic rings. The standard InChI is InChI=1S/C25H35N7O3/c1-7-19-25(31(5)9-3)30-24(22(29-19)23(26)35)28-18-12-10-11-17(13-18)16(4)14-27-20(33)15-32(6)21(34)8-2/h8,10-13,16H,2,7,9,14-15H2,1,3-6H3,(H2,26,35)(H,27,33)(H,28,30). The van der Waals surface area contributed by atoms with Gasteiger partial charge in [-0.25, -0.2) is 9.97 Å². The Labute approximate surface area is 206 Å². The number of benzene rings is 1. The van der Waals surface area contributed by atoms with E-state index in [-0.39, 0.29) is 35.8 Å². The average molecular weight is 482 g/mol. The van der Waals surface area contributed by atoms with E-state index in [1.807, 2.05) is 57.0 Å². The van der Waals surface area contributed by atoms with Crippen molar-refractivity contribution in [2.45, 2.75) is 33.1 Å². The monoisotopic (exact) mass is 481 g/mol. The van der Waals surface area contributed by atoms with Gasteiger partial charge in [-0.1, -0.05) is 32.6 Å². The molecule has 0 saturated carbocycles. The number of carbonyl (C=O) groups excluding carboxylic acids is 3. The fourth-order valence-corrected chi connectivity index (χ4v) is 3.36. The smallest absolute Gasteiger partial charge is 0.271 e. The van der Waals surface area contributed by atoms with Crippen LogP contribution < -0.4 is 21.3 Å². The minimum absolute atomic E-state index is 0.00735. The minimum atomic E-state index is -0.660. The Morgan fingerprint density at radius 2 is 1.91 bits per heavy atom. The molecule has 2 rings (SSSR count). The zero-order valence-electron chi connectivity index (χ0n) is 21.1. The summed E-state index contributed by atoms with van der Waals surface area (Å²) in [7, 11) is 3.46. The van der Waals surface area contributed by atoms with Crippen LogP contribution in [0.15, 0.2) is 36.9 Å². The number of likely N-dealkylation sites (N-methyl/N-ethyl adjacent to an activating group) is 1. The number of hydrogen-bond acceptors (Lipinski definition) is 7. The molecule has 0 aliphatic heterocycles. The molecule has 0 radical (unpaired) electrons. The Morgan fingerprint density at radius 3 is 2.51 bits per heavy atom. The van der Waals surface area contributed by atoms with Crippen LogP contribution in [0.4, 0.5) is 17.3 Å². The van der Waals surface area contributed by atoms with Gasteiger partial charge in [0.05, 0.1) is 12.2 Å². The molecule has 3 amide bonds. The summed E-state index contributed by atoms with van der Waals surface area (Å²) in [5.74, 6) is -0.258. The van der Waals surface area contributed by atoms with Gasteiger partial charge in [-0.05, 0) is 43.0 Å². The molecular formula is C25H35N7O3. The van der Waals surface area contributed by atoms with Crippen molar-refractivity contribution in [3.05, 3.63) is 53.9 Å². The van der Waals surface area contributed by atoms with E-state index < -0.39 is 5.91 Å². The Hall–Kier alpha value is -3.95. The minimum Gasteiger partial charge on any atom is -0.364 e. The van der Waals surface area contributed by atoms with E-state index in [9.17, 15) is 14.4 Å². The van der Waals surface area contributed by atoms with Crippen LogP contribution >= 0.6 is 0 Å². The molecule has 2 aromatic rings. The average Bonchev–Trinajstić information content (AvgIpc) is 2.85. The molecule has 35 heavy (non-hydrogen) atoms. The second-order valence-corrected chi connectivity index (χ2v) is 8.28. The lowest BCUT2D eigenvalue weighted by atomic mass is 10.0. The second kappa shape index (κ2) is 12.5. The van der Waals surface area contributed by atoms with Crippen LogP contribution in [0.2, 0.25) is 0 Å². The predicted molar refractivity (Wildman–Crippen MR) is 138 cm³/mol. The van der Waals surface area contributed by atoms with E-state index in [1.54, 1.807) is 7.05 Å². The molecule has 10 nitrogen and oxygen atoms in total. The molecule has 188 valence electrons. The molecule has 0 fully saturated rings. The van der Waals surface area contributed by atoms with Gasteiger partial charge in [-0.2, -0.15) is 0 Å². The summed E-state index contributed by atoms with van der Waals surface area (Å²) in [6.45, 7) is 10.4. The first-order chi connectivity index (χ1) is 16.6. The number of hydrogen-bond donors (Lipinski definition) is 3. The van der Waals surface area contributed by atoms with E-state index in [0.29, 0.717) is 30.2 Å². The molecule has 1 aromatic heterocycles. The third kappa shape index (κ3) is 7.26. The number of nitrogens with one attached hydrogen (secondary N) is 2. The molecule has 1 unspecified atom stereocenters. The van der Waals surface area contributed by atoms with Crippen molar-refractivity contribution >= 4 is 35.0 Å². The van der Waals surface area contributed by atoms with E-state index >= 15 is 0 Å². The highest BCUT2D eigenvalue weighted by molar-refractivity contribution is 5.96. The van der Waals surface area contributed by atoms with E-state index in [2.05, 4.69) is 27.2 Å². The SMILES string of the molecule is C=CC(=O)N(C)CC(=O)NCC(C)c1cccc(Nc2nc(N(C)CC)c(CC)nc2C(N)=O)c1. The van der Waals surface area contributed by atoms with Crippen LogP contribution in [0.3, 0.4) is 0 Å². The summed E-state index contributed by atoms with van der Waals surface area (Å²) in [4.78, 5) is 48.2. The van der Waals surface area contributed by atoms with Gasteiger partial charge >= 0.3 is 0 Å². The van der Waals surface area contributed by atoms with Crippen LogP contribution in [0, 0.1) is 0 Å². The van der Waals surface area contributed by atoms with Gasteiger partial charge in [0.1, 0.15) is 0 Å². The first-order valence-electron chi connectivity index (χ1n) is 11.5. The van der Waals surface area contributed by atoms with Gasteiger partial charge in [-0.3, -0.25) is 14.4 Å². The van der Waals surface area contributed by atoms with Crippen LogP contribution in [-0.2, 0) is 16.0 Å². The van der Waals surface area contributed by atoms with Crippen LogP contribution in [0.25, 0.3) is 0 Å². The maximum absolute atomic E-state index is 12.2. The lowest BCUT2D eigenvalue weighted by Gasteiger charge is -2.21. The third-order valence-corrected chi connectivity index (χ3v) is 5.61. The first kappa shape index (κ1) is 27.3. The first-order valence-corrected chi connectivity index (χ1v) is 11.5. The molecule has 4 N–H and O–H groups in total. The molecular weight excluding hydrogens is 446 g/mol. The highest BCUT2D eigenvalue weighted by atomic mass is 16.2.